The van der Waals surface area contributed by atoms with Crippen molar-refractivity contribution in [1.29, 1.82) is 0 Å². The van der Waals surface area contributed by atoms with Crippen LogP contribution in [0.25, 0.3) is 10.9 Å². The first-order valence-corrected chi connectivity index (χ1v) is 9.05. The van der Waals surface area contributed by atoms with E-state index in [4.69, 9.17) is 18.3 Å². The van der Waals surface area contributed by atoms with Crippen LogP contribution in [0.4, 0.5) is 0 Å². The minimum atomic E-state index is -3.52. The summed E-state index contributed by atoms with van der Waals surface area (Å²) in [6.07, 6.45) is 2.89. The first kappa shape index (κ1) is 19.0. The Hall–Kier alpha value is -1.37. The molecule has 1 aromatic heterocycles. The fraction of sp³-hybridized carbons (Fsp3) is 0.500. The first-order chi connectivity index (χ1) is 11.4. The highest BCUT2D eigenvalue weighted by Gasteiger charge is 2.23. The zero-order valence-electron chi connectivity index (χ0n) is 14.8. The van der Waals surface area contributed by atoms with Crippen molar-refractivity contribution in [3.8, 4) is 5.75 Å². The van der Waals surface area contributed by atoms with E-state index in [-0.39, 0.29) is 6.73 Å². The number of rotatable bonds is 9. The molecule has 0 aliphatic heterocycles. The van der Waals surface area contributed by atoms with E-state index in [9.17, 15) is 4.57 Å². The Morgan fingerprint density at radius 3 is 2.46 bits per heavy atom. The van der Waals surface area contributed by atoms with Gasteiger partial charge in [0, 0.05) is 32.3 Å². The smallest absolute Gasteiger partial charge is 0.475 e. The van der Waals surface area contributed by atoms with E-state index in [1.165, 1.54) is 19.8 Å². The van der Waals surface area contributed by atoms with E-state index in [1.54, 1.807) is 7.11 Å². The monoisotopic (exact) mass is 356 g/mol. The van der Waals surface area contributed by atoms with Gasteiger partial charge in [0.2, 0.25) is 0 Å². The molecule has 0 saturated heterocycles. The third-order valence-electron chi connectivity index (χ3n) is 3.80. The van der Waals surface area contributed by atoms with Crippen molar-refractivity contribution in [2.24, 2.45) is 0 Å². The van der Waals surface area contributed by atoms with E-state index < -0.39 is 7.82 Å². The first-order valence-electron chi connectivity index (χ1n) is 7.59. The van der Waals surface area contributed by atoms with Crippen molar-refractivity contribution in [3.63, 3.8) is 0 Å². The zero-order chi connectivity index (χ0) is 17.7. The van der Waals surface area contributed by atoms with Crippen LogP contribution >= 0.6 is 7.82 Å². The van der Waals surface area contributed by atoms with Gasteiger partial charge in [0.25, 0.3) is 0 Å². The highest BCUT2D eigenvalue weighted by Crippen LogP contribution is 2.48. The normalized spacial score (nSPS) is 12.2. The van der Waals surface area contributed by atoms with E-state index in [0.29, 0.717) is 0 Å². The Morgan fingerprint density at radius 2 is 1.88 bits per heavy atom. The molecule has 2 aromatic rings. The lowest BCUT2D eigenvalue weighted by Crippen LogP contribution is -2.14. The van der Waals surface area contributed by atoms with Crippen molar-refractivity contribution in [1.82, 2.24) is 9.47 Å². The maximum absolute atomic E-state index is 12.1. The Balaban J connectivity index is 2.33. The summed E-state index contributed by atoms with van der Waals surface area (Å²) < 4.78 is 34.3. The molecule has 0 fully saturated rings. The molecular formula is C16H25N2O5P. The molecule has 0 aliphatic carbocycles. The van der Waals surface area contributed by atoms with Gasteiger partial charge in [-0.25, -0.2) is 4.57 Å². The second kappa shape index (κ2) is 8.14. The quantitative estimate of drug-likeness (QED) is 0.644. The summed E-state index contributed by atoms with van der Waals surface area (Å²) in [5.41, 5.74) is 2.15. The number of methoxy groups -OCH3 is 1. The number of likely N-dealkylation sites (N-methyl/N-ethyl adjacent to an activating group) is 1. The number of nitrogens with zero attached hydrogens (tertiary/aromatic N) is 2. The number of fused-ring (bicyclic) bond motifs is 1. The molecule has 0 aliphatic rings. The van der Waals surface area contributed by atoms with Gasteiger partial charge in [-0.1, -0.05) is 0 Å². The summed E-state index contributed by atoms with van der Waals surface area (Å²) in [6.45, 7) is 0.996. The number of aromatic nitrogens is 1. The SMILES string of the molecule is COc1ccc2c(c1)c(CCN(C)C)cn2COP(=O)(OC)OC. The molecule has 1 aromatic carbocycles. The highest BCUT2D eigenvalue weighted by molar-refractivity contribution is 7.48. The van der Waals surface area contributed by atoms with Crippen LogP contribution in [0.5, 0.6) is 5.75 Å². The number of hydrogen-bond acceptors (Lipinski definition) is 6. The van der Waals surface area contributed by atoms with Gasteiger partial charge < -0.3 is 14.2 Å². The van der Waals surface area contributed by atoms with Crippen LogP contribution in [0, 0.1) is 0 Å². The van der Waals surface area contributed by atoms with Crippen molar-refractivity contribution >= 4 is 18.7 Å². The molecule has 0 spiro atoms. The summed E-state index contributed by atoms with van der Waals surface area (Å²) in [4.78, 5) is 2.13. The molecule has 24 heavy (non-hydrogen) atoms. The lowest BCUT2D eigenvalue weighted by atomic mass is 10.1. The van der Waals surface area contributed by atoms with E-state index in [0.717, 1.165) is 29.6 Å². The fourth-order valence-corrected chi connectivity index (χ4v) is 3.07. The van der Waals surface area contributed by atoms with Crippen LogP contribution in [-0.2, 0) is 31.3 Å². The van der Waals surface area contributed by atoms with Gasteiger partial charge in [-0.05, 0) is 44.3 Å². The Labute approximate surface area is 142 Å². The van der Waals surface area contributed by atoms with Gasteiger partial charge >= 0.3 is 7.82 Å². The van der Waals surface area contributed by atoms with Gasteiger partial charge in [0.1, 0.15) is 12.5 Å². The molecule has 0 saturated carbocycles. The lowest BCUT2D eigenvalue weighted by molar-refractivity contribution is 0.122. The fourth-order valence-electron chi connectivity index (χ4n) is 2.44. The second-order valence-corrected chi connectivity index (χ2v) is 7.51. The molecule has 0 atom stereocenters. The van der Waals surface area contributed by atoms with Crippen molar-refractivity contribution in [3.05, 3.63) is 30.0 Å². The van der Waals surface area contributed by atoms with E-state index in [1.807, 2.05) is 43.1 Å². The molecule has 0 radical (unpaired) electrons. The van der Waals surface area contributed by atoms with Gasteiger partial charge in [-0.15, -0.1) is 0 Å². The standard InChI is InChI=1S/C16H25N2O5P/c1-17(2)9-8-13-11-18(12-23-24(19,21-4)22-5)16-7-6-14(20-3)10-15(13)16/h6-7,10-11H,8-9,12H2,1-5H3. The molecule has 134 valence electrons. The molecule has 8 heteroatoms. The third-order valence-corrected chi connectivity index (χ3v) is 5.13. The molecular weight excluding hydrogens is 331 g/mol. The maximum Gasteiger partial charge on any atom is 0.475 e. The van der Waals surface area contributed by atoms with Crippen LogP contribution in [0.2, 0.25) is 0 Å². The molecule has 2 rings (SSSR count). The van der Waals surface area contributed by atoms with Crippen molar-refractivity contribution in [2.75, 3.05) is 42.0 Å². The Morgan fingerprint density at radius 1 is 1.17 bits per heavy atom. The molecule has 0 unspecified atom stereocenters. The summed E-state index contributed by atoms with van der Waals surface area (Å²) in [5, 5.41) is 1.09. The summed E-state index contributed by atoms with van der Waals surface area (Å²) in [5.74, 6) is 0.798. The Bertz CT molecular complexity index is 721. The molecule has 0 N–H and O–H groups in total. The zero-order valence-corrected chi connectivity index (χ0v) is 15.7. The molecule has 0 bridgehead atoms. The minimum Gasteiger partial charge on any atom is -0.497 e. The number of phosphoric ester groups is 1. The van der Waals surface area contributed by atoms with Gasteiger partial charge in [0.05, 0.1) is 12.6 Å². The Kier molecular flexibility index (Phi) is 6.43. The molecule has 1 heterocycles. The minimum absolute atomic E-state index is 0.0732. The van der Waals surface area contributed by atoms with Gasteiger partial charge in [0.15, 0.2) is 0 Å². The van der Waals surface area contributed by atoms with E-state index >= 15 is 0 Å². The van der Waals surface area contributed by atoms with Gasteiger partial charge in [-0.2, -0.15) is 0 Å². The number of benzene rings is 1. The van der Waals surface area contributed by atoms with E-state index in [2.05, 4.69) is 4.90 Å². The van der Waals surface area contributed by atoms with Crippen LogP contribution in [0.1, 0.15) is 5.56 Å². The number of ether oxygens (including phenoxy) is 1. The van der Waals surface area contributed by atoms with Gasteiger partial charge in [-0.3, -0.25) is 13.6 Å². The van der Waals surface area contributed by atoms with Crippen LogP contribution < -0.4 is 4.74 Å². The van der Waals surface area contributed by atoms with Crippen LogP contribution in [0.3, 0.4) is 0 Å². The summed E-state index contributed by atoms with van der Waals surface area (Å²) in [7, 11) is 4.80. The predicted molar refractivity (Wildman–Crippen MR) is 93.5 cm³/mol. The van der Waals surface area contributed by atoms with Crippen LogP contribution in [-0.4, -0.2) is 51.4 Å². The topological polar surface area (TPSA) is 62.2 Å². The lowest BCUT2D eigenvalue weighted by Gasteiger charge is -2.14. The molecule has 0 amide bonds. The average molecular weight is 356 g/mol. The highest BCUT2D eigenvalue weighted by atomic mass is 31.2. The number of hydrogen-bond donors (Lipinski definition) is 0. The summed E-state index contributed by atoms with van der Waals surface area (Å²) >= 11 is 0. The van der Waals surface area contributed by atoms with Crippen LogP contribution in [0.15, 0.2) is 24.4 Å². The third kappa shape index (κ3) is 4.37. The maximum atomic E-state index is 12.1. The second-order valence-electron chi connectivity index (χ2n) is 5.63. The average Bonchev–Trinajstić information content (AvgIpc) is 2.95. The largest absolute Gasteiger partial charge is 0.497 e. The summed E-state index contributed by atoms with van der Waals surface area (Å²) in [6, 6.07) is 5.85. The number of phosphoric acid groups is 1. The predicted octanol–water partition coefficient (Wildman–Crippen LogP) is 3.13. The molecule has 7 nitrogen and oxygen atoms in total. The van der Waals surface area contributed by atoms with Crippen molar-refractivity contribution < 1.29 is 22.9 Å². The van der Waals surface area contributed by atoms with Crippen molar-refractivity contribution in [2.45, 2.75) is 13.2 Å².